The predicted octanol–water partition coefficient (Wildman–Crippen LogP) is 1.92. The summed E-state index contributed by atoms with van der Waals surface area (Å²) < 4.78 is 8.07. The molecule has 3 fully saturated rings. The highest BCUT2D eigenvalue weighted by molar-refractivity contribution is 5.80. The van der Waals surface area contributed by atoms with E-state index in [0.29, 0.717) is 32.5 Å². The minimum Gasteiger partial charge on any atom is -0.393 e. The molecule has 1 aliphatic heterocycles. The number of ether oxygens (including phenoxy) is 1. The molecule has 3 saturated carbocycles. The number of amides is 1. The fourth-order valence-electron chi connectivity index (χ4n) is 4.23. The minimum atomic E-state index is -0.289. The van der Waals surface area contributed by atoms with Gasteiger partial charge in [0.05, 0.1) is 18.4 Å². The maximum absolute atomic E-state index is 12.8. The van der Waals surface area contributed by atoms with Crippen LogP contribution in [-0.4, -0.2) is 51.6 Å². The smallest absolute Gasteiger partial charge is 0.226 e. The minimum absolute atomic E-state index is 0.00101. The molecule has 1 aromatic heterocycles. The van der Waals surface area contributed by atoms with Crippen LogP contribution >= 0.6 is 0 Å². The molecule has 142 valence electrons. The Morgan fingerprint density at radius 1 is 1.19 bits per heavy atom. The van der Waals surface area contributed by atoms with Crippen molar-refractivity contribution in [3.8, 4) is 0 Å². The number of fused-ring (bicyclic) bond motifs is 1. The highest BCUT2D eigenvalue weighted by Gasteiger charge is 2.39. The molecule has 1 aromatic rings. The van der Waals surface area contributed by atoms with Gasteiger partial charge in [-0.25, -0.2) is 0 Å². The monoisotopic (exact) mass is 359 g/mol. The molecule has 4 aliphatic rings. The molecule has 2 heterocycles. The molecule has 6 nitrogen and oxygen atoms in total. The van der Waals surface area contributed by atoms with Crippen LogP contribution in [0.2, 0.25) is 0 Å². The Hall–Kier alpha value is -1.40. The molecule has 0 radical (unpaired) electrons. The molecule has 0 spiro atoms. The van der Waals surface area contributed by atoms with Crippen LogP contribution in [-0.2, 0) is 22.6 Å². The zero-order valence-electron chi connectivity index (χ0n) is 15.3. The van der Waals surface area contributed by atoms with E-state index in [1.54, 1.807) is 0 Å². The highest BCUT2D eigenvalue weighted by Crippen LogP contribution is 2.35. The first-order valence-corrected chi connectivity index (χ1v) is 10.3. The number of nitrogens with zero attached hydrogens (tertiary/aromatic N) is 3. The summed E-state index contributed by atoms with van der Waals surface area (Å²) in [6.45, 7) is 3.86. The van der Waals surface area contributed by atoms with E-state index in [9.17, 15) is 9.90 Å². The predicted molar refractivity (Wildman–Crippen MR) is 95.4 cm³/mol. The number of hydrogen-bond acceptors (Lipinski definition) is 4. The van der Waals surface area contributed by atoms with E-state index in [2.05, 4.69) is 10.9 Å². The van der Waals surface area contributed by atoms with Crippen molar-refractivity contribution in [2.45, 2.75) is 63.6 Å². The second-order valence-corrected chi connectivity index (χ2v) is 8.92. The highest BCUT2D eigenvalue weighted by atomic mass is 16.5. The van der Waals surface area contributed by atoms with Crippen molar-refractivity contribution >= 4 is 5.91 Å². The van der Waals surface area contributed by atoms with Crippen LogP contribution in [0, 0.1) is 17.8 Å². The van der Waals surface area contributed by atoms with Gasteiger partial charge in [-0.2, -0.15) is 5.10 Å². The van der Waals surface area contributed by atoms with Gasteiger partial charge in [0, 0.05) is 49.8 Å². The van der Waals surface area contributed by atoms with Gasteiger partial charge in [0.1, 0.15) is 0 Å². The summed E-state index contributed by atoms with van der Waals surface area (Å²) >= 11 is 0. The molecule has 0 saturated heterocycles. The van der Waals surface area contributed by atoms with Crippen LogP contribution in [0.25, 0.3) is 0 Å². The largest absolute Gasteiger partial charge is 0.393 e. The third-order valence-corrected chi connectivity index (χ3v) is 6.34. The van der Waals surface area contributed by atoms with Gasteiger partial charge >= 0.3 is 0 Å². The summed E-state index contributed by atoms with van der Waals surface area (Å²) in [7, 11) is 0. The average Bonchev–Trinajstić information content (AvgIpc) is 3.51. The average molecular weight is 359 g/mol. The SMILES string of the molecule is O=C(C1CC(O)C1)N1Cc2cn(CC3CC3)nc2[C@H](COCC2CC2)C1. The van der Waals surface area contributed by atoms with Crippen molar-refractivity contribution in [2.24, 2.45) is 17.8 Å². The summed E-state index contributed by atoms with van der Waals surface area (Å²) in [6.07, 6.45) is 8.30. The first-order chi connectivity index (χ1) is 12.7. The third kappa shape index (κ3) is 3.54. The quantitative estimate of drug-likeness (QED) is 0.808. The van der Waals surface area contributed by atoms with Crippen LogP contribution in [0.5, 0.6) is 0 Å². The molecule has 1 N–H and O–H groups in total. The molecule has 1 atom stereocenters. The fraction of sp³-hybridized carbons (Fsp3) is 0.800. The fourth-order valence-corrected chi connectivity index (χ4v) is 4.23. The van der Waals surface area contributed by atoms with Crippen LogP contribution in [0.3, 0.4) is 0 Å². The van der Waals surface area contributed by atoms with Gasteiger partial charge in [-0.3, -0.25) is 9.48 Å². The molecule has 6 heteroatoms. The van der Waals surface area contributed by atoms with Gasteiger partial charge in [0.15, 0.2) is 0 Å². The van der Waals surface area contributed by atoms with E-state index in [-0.39, 0.29) is 23.8 Å². The van der Waals surface area contributed by atoms with Gasteiger partial charge in [0.25, 0.3) is 0 Å². The Bertz CT molecular complexity index is 674. The van der Waals surface area contributed by atoms with Gasteiger partial charge in [-0.1, -0.05) is 0 Å². The zero-order chi connectivity index (χ0) is 17.7. The number of aromatic nitrogens is 2. The molecule has 3 aliphatic carbocycles. The standard InChI is InChI=1S/C20H29N3O3/c24-18-5-15(6-18)20(25)22-8-16-10-23(7-13-1-2-13)21-19(16)17(9-22)12-26-11-14-3-4-14/h10,13-15,17-18,24H,1-9,11-12H2/t15?,17-,18?/m0/s1. The van der Waals surface area contributed by atoms with E-state index in [1.165, 1.54) is 31.2 Å². The third-order valence-electron chi connectivity index (χ3n) is 6.34. The molecule has 26 heavy (non-hydrogen) atoms. The number of aliphatic hydroxyl groups excluding tert-OH is 1. The van der Waals surface area contributed by atoms with Crippen LogP contribution in [0.4, 0.5) is 0 Å². The van der Waals surface area contributed by atoms with Crippen LogP contribution in [0.1, 0.15) is 55.7 Å². The van der Waals surface area contributed by atoms with Crippen molar-refractivity contribution < 1.29 is 14.6 Å². The summed E-state index contributed by atoms with van der Waals surface area (Å²) in [4.78, 5) is 14.8. The van der Waals surface area contributed by atoms with Crippen LogP contribution < -0.4 is 0 Å². The number of carbonyl (C=O) groups is 1. The second-order valence-electron chi connectivity index (χ2n) is 8.92. The Balaban J connectivity index is 1.30. The van der Waals surface area contributed by atoms with Crippen molar-refractivity contribution in [1.29, 1.82) is 0 Å². The lowest BCUT2D eigenvalue weighted by Gasteiger charge is -2.38. The maximum Gasteiger partial charge on any atom is 0.226 e. The Morgan fingerprint density at radius 2 is 1.96 bits per heavy atom. The molecular weight excluding hydrogens is 330 g/mol. The van der Waals surface area contributed by atoms with E-state index >= 15 is 0 Å². The van der Waals surface area contributed by atoms with E-state index in [0.717, 1.165) is 30.7 Å². The van der Waals surface area contributed by atoms with Gasteiger partial charge < -0.3 is 14.7 Å². The Kier molecular flexibility index (Phi) is 4.28. The molecule has 1 amide bonds. The molecule has 0 aromatic carbocycles. The van der Waals surface area contributed by atoms with E-state index < -0.39 is 0 Å². The van der Waals surface area contributed by atoms with Gasteiger partial charge in [-0.05, 0) is 50.4 Å². The molecule has 0 unspecified atom stereocenters. The number of rotatable bonds is 7. The lowest BCUT2D eigenvalue weighted by atomic mass is 9.81. The van der Waals surface area contributed by atoms with E-state index in [4.69, 9.17) is 9.84 Å². The second kappa shape index (κ2) is 6.64. The summed E-state index contributed by atoms with van der Waals surface area (Å²) in [5.41, 5.74) is 2.32. The number of hydrogen-bond donors (Lipinski definition) is 1. The maximum atomic E-state index is 12.8. The van der Waals surface area contributed by atoms with Crippen molar-refractivity contribution in [2.75, 3.05) is 19.8 Å². The molecule has 5 rings (SSSR count). The number of carbonyl (C=O) groups excluding carboxylic acids is 1. The van der Waals surface area contributed by atoms with Crippen molar-refractivity contribution in [3.63, 3.8) is 0 Å². The first-order valence-electron chi connectivity index (χ1n) is 10.3. The summed E-state index contributed by atoms with van der Waals surface area (Å²) in [5.74, 6) is 1.91. The summed E-state index contributed by atoms with van der Waals surface area (Å²) in [6, 6.07) is 0. The van der Waals surface area contributed by atoms with E-state index in [1.807, 2.05) is 4.90 Å². The summed E-state index contributed by atoms with van der Waals surface area (Å²) in [5, 5.41) is 14.4. The lowest BCUT2D eigenvalue weighted by Crippen LogP contribution is -2.47. The van der Waals surface area contributed by atoms with Gasteiger partial charge in [-0.15, -0.1) is 0 Å². The normalized spacial score (nSPS) is 30.8. The topological polar surface area (TPSA) is 67.6 Å². The zero-order valence-corrected chi connectivity index (χ0v) is 15.3. The van der Waals surface area contributed by atoms with Crippen molar-refractivity contribution in [3.05, 3.63) is 17.5 Å². The first kappa shape index (κ1) is 16.8. The van der Waals surface area contributed by atoms with Crippen LogP contribution in [0.15, 0.2) is 6.20 Å². The molecular formula is C20H29N3O3. The number of aliphatic hydroxyl groups is 1. The van der Waals surface area contributed by atoms with Gasteiger partial charge in [0.2, 0.25) is 5.91 Å². The Labute approximate surface area is 154 Å². The Morgan fingerprint density at radius 3 is 2.65 bits per heavy atom. The van der Waals surface area contributed by atoms with Crippen molar-refractivity contribution in [1.82, 2.24) is 14.7 Å². The lowest BCUT2D eigenvalue weighted by molar-refractivity contribution is -0.144. The molecule has 0 bridgehead atoms.